The summed E-state index contributed by atoms with van der Waals surface area (Å²) in [6, 6.07) is 22.5. The minimum atomic E-state index is -0.203. The second-order valence-electron chi connectivity index (χ2n) is 9.54. The monoisotopic (exact) mass is 522 g/mol. The largest absolute Gasteiger partial charge is 1.00 e. The molecule has 0 fully saturated rings. The predicted molar refractivity (Wildman–Crippen MR) is 145 cm³/mol. The zero-order valence-electron chi connectivity index (χ0n) is 22.1. The second kappa shape index (κ2) is 14.6. The maximum Gasteiger partial charge on any atom is 0.348 e. The van der Waals surface area contributed by atoms with Crippen LogP contribution in [0.5, 0.6) is 5.75 Å². The van der Waals surface area contributed by atoms with Gasteiger partial charge in [0.15, 0.2) is 24.2 Å². The number of aryl methyl sites for hydroxylation is 1. The van der Waals surface area contributed by atoms with Gasteiger partial charge < -0.3 is 21.9 Å². The molecule has 0 radical (unpaired) electrons. The topological polar surface area (TPSA) is 44.3 Å². The van der Waals surface area contributed by atoms with Crippen LogP contribution in [0.1, 0.15) is 64.1 Å². The number of fused-ring (bicyclic) bond motifs is 2. The van der Waals surface area contributed by atoms with Gasteiger partial charge in [-0.25, -0.2) is 13.9 Å². The molecule has 0 spiro atoms. The number of aromatic nitrogens is 2. The van der Waals surface area contributed by atoms with Gasteiger partial charge in [0.2, 0.25) is 0 Å². The molecule has 0 unspecified atom stereocenters. The molecule has 0 bridgehead atoms. The highest BCUT2D eigenvalue weighted by molar-refractivity contribution is 5.83. The maximum atomic E-state index is 12.8. The molecule has 0 aliphatic rings. The standard InChI is InChI=1S/C31H39N2O3.ClH/c1-3-4-5-6-7-8-9-14-21-35-31(34)23-33-29-18-13-12-17-28(29)32(2)30(33)24-36-27-20-19-25-15-10-11-16-26(25)22-27;/h10-13,15-20,22H,3-9,14,21,23-24H2,1-2H3;1H/q+1;/p-1. The van der Waals surface area contributed by atoms with Gasteiger partial charge in [0.05, 0.1) is 13.7 Å². The summed E-state index contributed by atoms with van der Waals surface area (Å²) in [5.74, 6) is 1.53. The van der Waals surface area contributed by atoms with Crippen molar-refractivity contribution in [1.29, 1.82) is 0 Å². The van der Waals surface area contributed by atoms with Gasteiger partial charge in [-0.15, -0.1) is 0 Å². The van der Waals surface area contributed by atoms with Gasteiger partial charge in [-0.2, -0.15) is 0 Å². The van der Waals surface area contributed by atoms with Crippen molar-refractivity contribution in [2.75, 3.05) is 6.61 Å². The molecule has 3 aromatic carbocycles. The van der Waals surface area contributed by atoms with Crippen LogP contribution in [-0.4, -0.2) is 17.1 Å². The molecular weight excluding hydrogens is 484 g/mol. The van der Waals surface area contributed by atoms with E-state index in [0.717, 1.165) is 40.8 Å². The van der Waals surface area contributed by atoms with Crippen LogP contribution < -0.4 is 21.7 Å². The van der Waals surface area contributed by atoms with E-state index in [0.29, 0.717) is 13.2 Å². The van der Waals surface area contributed by atoms with Crippen molar-refractivity contribution in [1.82, 2.24) is 4.57 Å². The van der Waals surface area contributed by atoms with Gasteiger partial charge in [-0.3, -0.25) is 0 Å². The lowest BCUT2D eigenvalue weighted by molar-refractivity contribution is -0.655. The fourth-order valence-corrected chi connectivity index (χ4v) is 4.79. The molecular formula is C31H39ClN2O3. The van der Waals surface area contributed by atoms with Gasteiger partial charge in [0.1, 0.15) is 5.75 Å². The Morgan fingerprint density at radius 3 is 2.30 bits per heavy atom. The Bertz CT molecular complexity index is 1280. The Morgan fingerprint density at radius 1 is 0.838 bits per heavy atom. The third-order valence-corrected chi connectivity index (χ3v) is 6.87. The number of unbranched alkanes of at least 4 members (excludes halogenated alkanes) is 7. The van der Waals surface area contributed by atoms with Crippen LogP contribution in [0.3, 0.4) is 0 Å². The molecule has 198 valence electrons. The van der Waals surface area contributed by atoms with Crippen molar-refractivity contribution in [3.05, 3.63) is 72.6 Å². The number of esters is 1. The van der Waals surface area contributed by atoms with Crippen LogP contribution >= 0.6 is 0 Å². The molecule has 4 aromatic rings. The van der Waals surface area contributed by atoms with E-state index in [9.17, 15) is 4.79 Å². The van der Waals surface area contributed by atoms with E-state index >= 15 is 0 Å². The highest BCUT2D eigenvalue weighted by Gasteiger charge is 2.25. The lowest BCUT2D eigenvalue weighted by Crippen LogP contribution is -3.00. The minimum Gasteiger partial charge on any atom is -1.00 e. The molecule has 1 aromatic heterocycles. The molecule has 0 saturated heterocycles. The summed E-state index contributed by atoms with van der Waals surface area (Å²) in [4.78, 5) is 12.8. The summed E-state index contributed by atoms with van der Waals surface area (Å²) in [6.07, 6.45) is 9.80. The quantitative estimate of drug-likeness (QED) is 0.143. The second-order valence-corrected chi connectivity index (χ2v) is 9.54. The number of para-hydroxylation sites is 2. The number of imidazole rings is 1. The molecule has 0 amide bonds. The van der Waals surface area contributed by atoms with Gasteiger partial charge in [-0.1, -0.05) is 94.3 Å². The minimum absolute atomic E-state index is 0. The number of hydrogen-bond donors (Lipinski definition) is 0. The van der Waals surface area contributed by atoms with E-state index < -0.39 is 0 Å². The van der Waals surface area contributed by atoms with E-state index in [4.69, 9.17) is 9.47 Å². The van der Waals surface area contributed by atoms with E-state index in [2.05, 4.69) is 41.8 Å². The van der Waals surface area contributed by atoms with Gasteiger partial charge in [-0.05, 0) is 41.5 Å². The number of rotatable bonds is 14. The average molecular weight is 523 g/mol. The molecule has 0 saturated carbocycles. The van der Waals surface area contributed by atoms with E-state index in [1.807, 2.05) is 48.0 Å². The van der Waals surface area contributed by atoms with Crippen molar-refractivity contribution >= 4 is 27.8 Å². The fourth-order valence-electron chi connectivity index (χ4n) is 4.79. The summed E-state index contributed by atoms with van der Waals surface area (Å²) in [5, 5.41) is 2.33. The van der Waals surface area contributed by atoms with Crippen molar-refractivity contribution in [3.63, 3.8) is 0 Å². The van der Waals surface area contributed by atoms with Crippen LogP contribution in [0.4, 0.5) is 0 Å². The summed E-state index contributed by atoms with van der Waals surface area (Å²) < 4.78 is 15.9. The number of benzene rings is 3. The lowest BCUT2D eigenvalue weighted by Gasteiger charge is -2.08. The summed E-state index contributed by atoms with van der Waals surface area (Å²) in [5.41, 5.74) is 2.06. The summed E-state index contributed by atoms with van der Waals surface area (Å²) in [6.45, 7) is 3.26. The fraction of sp³-hybridized carbons (Fsp3) is 0.419. The molecule has 0 N–H and O–H groups in total. The maximum absolute atomic E-state index is 12.8. The molecule has 6 heteroatoms. The number of carbonyl (C=O) groups is 1. The highest BCUT2D eigenvalue weighted by atomic mass is 35.5. The molecule has 0 atom stereocenters. The zero-order chi connectivity index (χ0) is 25.2. The first-order valence-electron chi connectivity index (χ1n) is 13.4. The molecule has 37 heavy (non-hydrogen) atoms. The zero-order valence-corrected chi connectivity index (χ0v) is 22.9. The Morgan fingerprint density at radius 2 is 1.51 bits per heavy atom. The Labute approximate surface area is 226 Å². The van der Waals surface area contributed by atoms with Crippen molar-refractivity contribution in [3.8, 4) is 5.75 Å². The Balaban J connectivity index is 0.00000380. The van der Waals surface area contributed by atoms with Crippen LogP contribution in [0.2, 0.25) is 0 Å². The number of hydrogen-bond acceptors (Lipinski definition) is 3. The predicted octanol–water partition coefficient (Wildman–Crippen LogP) is 3.89. The molecule has 1 heterocycles. The summed E-state index contributed by atoms with van der Waals surface area (Å²) >= 11 is 0. The van der Waals surface area contributed by atoms with Crippen LogP contribution in [0, 0.1) is 0 Å². The molecule has 0 aliphatic heterocycles. The van der Waals surface area contributed by atoms with Crippen molar-refractivity contribution in [2.24, 2.45) is 7.05 Å². The van der Waals surface area contributed by atoms with Gasteiger partial charge >= 0.3 is 5.97 Å². The summed E-state index contributed by atoms with van der Waals surface area (Å²) in [7, 11) is 2.02. The third-order valence-electron chi connectivity index (χ3n) is 6.87. The number of halogens is 1. The van der Waals surface area contributed by atoms with E-state index in [1.165, 1.54) is 43.9 Å². The SMILES string of the molecule is CCCCCCCCCCOC(=O)Cn1c(COc2ccc3ccccc3c2)[n+](C)c2ccccc21.[Cl-]. The van der Waals surface area contributed by atoms with E-state index in [1.54, 1.807) is 0 Å². The van der Waals surface area contributed by atoms with E-state index in [-0.39, 0.29) is 24.9 Å². The third kappa shape index (κ3) is 7.72. The normalized spacial score (nSPS) is 11.0. The van der Waals surface area contributed by atoms with Crippen molar-refractivity contribution < 1.29 is 31.2 Å². The molecule has 0 aliphatic carbocycles. The average Bonchev–Trinajstić information content (AvgIpc) is 3.17. The van der Waals surface area contributed by atoms with Gasteiger partial charge in [0, 0.05) is 0 Å². The first-order chi connectivity index (χ1) is 17.7. The number of carbonyl (C=O) groups excluding carboxylic acids is 1. The first-order valence-corrected chi connectivity index (χ1v) is 13.4. The van der Waals surface area contributed by atoms with Crippen LogP contribution in [0.15, 0.2) is 66.7 Å². The van der Waals surface area contributed by atoms with Gasteiger partial charge in [0.25, 0.3) is 5.82 Å². The lowest BCUT2D eigenvalue weighted by atomic mass is 10.1. The molecule has 4 rings (SSSR count). The first kappa shape index (κ1) is 28.5. The Kier molecular flexibility index (Phi) is 11.3. The highest BCUT2D eigenvalue weighted by Crippen LogP contribution is 2.22. The van der Waals surface area contributed by atoms with Crippen molar-refractivity contribution in [2.45, 2.75) is 71.4 Å². The Hall–Kier alpha value is -3.05. The van der Waals surface area contributed by atoms with Crippen LogP contribution in [-0.2, 0) is 29.7 Å². The number of nitrogens with zero attached hydrogens (tertiary/aromatic N) is 2. The smallest absolute Gasteiger partial charge is 0.348 e. The molecule has 5 nitrogen and oxygen atoms in total. The van der Waals surface area contributed by atoms with Crippen LogP contribution in [0.25, 0.3) is 21.8 Å². The number of ether oxygens (including phenoxy) is 2.